The Balaban J connectivity index is 1.17. The Morgan fingerprint density at radius 2 is 1.04 bits per heavy atom. The Kier molecular flexibility index (Phi) is 5.86. The molecule has 0 aliphatic carbocycles. The molecule has 5 aromatic carbocycles. The van der Waals surface area contributed by atoms with Crippen LogP contribution in [0.1, 0.15) is 0 Å². The van der Waals surface area contributed by atoms with Gasteiger partial charge >= 0.3 is 0 Å². The van der Waals surface area contributed by atoms with Gasteiger partial charge in [-0.3, -0.25) is 15.0 Å². The first-order valence-electron chi connectivity index (χ1n) is 17.0. The molecule has 0 saturated carbocycles. The van der Waals surface area contributed by atoms with Crippen LogP contribution in [0.4, 0.5) is 0 Å². The molecule has 0 aliphatic rings. The van der Waals surface area contributed by atoms with Crippen LogP contribution in [0.3, 0.4) is 0 Å². The minimum atomic E-state index is 0.893. The number of furan rings is 1. The highest BCUT2D eigenvalue weighted by molar-refractivity contribution is 6.10. The van der Waals surface area contributed by atoms with Crippen molar-refractivity contribution in [2.45, 2.75) is 0 Å². The molecule has 0 atom stereocenters. The van der Waals surface area contributed by atoms with E-state index in [1.165, 1.54) is 0 Å². The first-order valence-corrected chi connectivity index (χ1v) is 17.0. The molecule has 238 valence electrons. The zero-order chi connectivity index (χ0) is 33.5. The van der Waals surface area contributed by atoms with E-state index in [9.17, 15) is 0 Å². The summed E-state index contributed by atoms with van der Waals surface area (Å²) in [6.45, 7) is 0. The Morgan fingerprint density at radius 1 is 0.392 bits per heavy atom. The minimum Gasteiger partial charge on any atom is -0.456 e. The standard InChI is InChI=1S/C45H27N5O/c1-3-11-39-37(10-1)45-40(12-6-18-48-45)49(39)32-22-31(23-33(25-32)50-41-26-46-19-16-34(41)35-17-20-47-27-42(35)50)29-8-5-7-28(21-29)30-14-15-44-38(24-30)36-9-2-4-13-43(36)51-44/h1-27H. The maximum absolute atomic E-state index is 6.14. The first kappa shape index (κ1) is 27.9. The fourth-order valence-electron chi connectivity index (χ4n) is 7.86. The van der Waals surface area contributed by atoms with Gasteiger partial charge < -0.3 is 13.6 Å². The minimum absolute atomic E-state index is 0.893. The third-order valence-electron chi connectivity index (χ3n) is 10.1. The quantitative estimate of drug-likeness (QED) is 0.190. The molecule has 0 N–H and O–H groups in total. The third-order valence-corrected chi connectivity index (χ3v) is 10.1. The van der Waals surface area contributed by atoms with Crippen molar-refractivity contribution in [3.63, 3.8) is 0 Å². The Hall–Kier alpha value is -7.05. The lowest BCUT2D eigenvalue weighted by molar-refractivity contribution is 0.669. The molecule has 0 radical (unpaired) electrons. The molecular weight excluding hydrogens is 627 g/mol. The highest BCUT2D eigenvalue weighted by Crippen LogP contribution is 2.38. The SMILES string of the molecule is c1cc(-c2cc(-n3c4cnccc4c4ccncc43)cc(-n3c4ccccc4c4ncccc43)c2)cc(-c2ccc3oc4ccccc4c3c2)c1. The number of hydrogen-bond acceptors (Lipinski definition) is 4. The van der Waals surface area contributed by atoms with Gasteiger partial charge in [0.05, 0.1) is 40.0 Å². The normalized spacial score (nSPS) is 11.9. The van der Waals surface area contributed by atoms with E-state index in [4.69, 9.17) is 9.40 Å². The molecular formula is C45H27N5O. The number of fused-ring (bicyclic) bond motifs is 9. The molecule has 6 heterocycles. The smallest absolute Gasteiger partial charge is 0.135 e. The van der Waals surface area contributed by atoms with Gasteiger partial charge in [0.25, 0.3) is 0 Å². The van der Waals surface area contributed by atoms with Gasteiger partial charge in [0.1, 0.15) is 11.2 Å². The van der Waals surface area contributed by atoms with Gasteiger partial charge in [0, 0.05) is 56.9 Å². The number of pyridine rings is 3. The third kappa shape index (κ3) is 4.20. The summed E-state index contributed by atoms with van der Waals surface area (Å²) < 4.78 is 10.8. The summed E-state index contributed by atoms with van der Waals surface area (Å²) in [5, 5.41) is 5.64. The van der Waals surface area contributed by atoms with E-state index in [0.717, 1.165) is 99.3 Å². The molecule has 6 nitrogen and oxygen atoms in total. The van der Waals surface area contributed by atoms with Crippen molar-refractivity contribution in [3.8, 4) is 33.6 Å². The largest absolute Gasteiger partial charge is 0.456 e. The zero-order valence-electron chi connectivity index (χ0n) is 27.2. The zero-order valence-corrected chi connectivity index (χ0v) is 27.2. The molecule has 0 unspecified atom stereocenters. The van der Waals surface area contributed by atoms with Crippen molar-refractivity contribution in [1.29, 1.82) is 0 Å². The molecule has 0 fully saturated rings. The van der Waals surface area contributed by atoms with Gasteiger partial charge in [0.2, 0.25) is 0 Å². The topological polar surface area (TPSA) is 61.7 Å². The van der Waals surface area contributed by atoms with Crippen molar-refractivity contribution in [2.24, 2.45) is 0 Å². The molecule has 0 saturated heterocycles. The van der Waals surface area contributed by atoms with Crippen LogP contribution in [-0.2, 0) is 0 Å². The molecule has 0 bridgehead atoms. The molecule has 11 aromatic rings. The number of nitrogens with zero attached hydrogens (tertiary/aromatic N) is 5. The Labute approximate surface area is 291 Å². The fourth-order valence-corrected chi connectivity index (χ4v) is 7.86. The van der Waals surface area contributed by atoms with E-state index in [-0.39, 0.29) is 0 Å². The van der Waals surface area contributed by atoms with E-state index in [0.29, 0.717) is 0 Å². The van der Waals surface area contributed by atoms with E-state index in [1.54, 1.807) is 0 Å². The Bertz CT molecular complexity index is 2930. The second kappa shape index (κ2) is 10.7. The molecule has 6 aromatic heterocycles. The highest BCUT2D eigenvalue weighted by Gasteiger charge is 2.18. The second-order valence-electron chi connectivity index (χ2n) is 13.0. The van der Waals surface area contributed by atoms with Gasteiger partial charge in [-0.15, -0.1) is 0 Å². The number of benzene rings is 5. The number of aromatic nitrogens is 5. The fraction of sp³-hybridized carbons (Fsp3) is 0. The molecule has 0 aliphatic heterocycles. The molecule has 11 rings (SSSR count). The maximum Gasteiger partial charge on any atom is 0.135 e. The van der Waals surface area contributed by atoms with Crippen LogP contribution in [0.15, 0.2) is 169 Å². The van der Waals surface area contributed by atoms with Crippen LogP contribution in [0, 0.1) is 0 Å². The van der Waals surface area contributed by atoms with Crippen LogP contribution in [-0.4, -0.2) is 24.1 Å². The molecule has 0 spiro atoms. The van der Waals surface area contributed by atoms with Crippen molar-refractivity contribution in [3.05, 3.63) is 164 Å². The molecule has 51 heavy (non-hydrogen) atoms. The van der Waals surface area contributed by atoms with Crippen molar-refractivity contribution in [2.75, 3.05) is 0 Å². The maximum atomic E-state index is 6.14. The van der Waals surface area contributed by atoms with Crippen LogP contribution in [0.2, 0.25) is 0 Å². The second-order valence-corrected chi connectivity index (χ2v) is 13.0. The lowest BCUT2D eigenvalue weighted by Crippen LogP contribution is -2.00. The molecule has 6 heteroatoms. The number of hydrogen-bond donors (Lipinski definition) is 0. The monoisotopic (exact) mass is 653 g/mol. The summed E-state index contributed by atoms with van der Waals surface area (Å²) in [5.74, 6) is 0. The van der Waals surface area contributed by atoms with E-state index in [1.807, 2.05) is 49.2 Å². The highest BCUT2D eigenvalue weighted by atomic mass is 16.3. The van der Waals surface area contributed by atoms with Gasteiger partial charge in [-0.05, 0) is 95.1 Å². The summed E-state index contributed by atoms with van der Waals surface area (Å²) in [6, 6.07) is 47.2. The summed E-state index contributed by atoms with van der Waals surface area (Å²) in [7, 11) is 0. The van der Waals surface area contributed by atoms with Crippen LogP contribution in [0.5, 0.6) is 0 Å². The summed E-state index contributed by atoms with van der Waals surface area (Å²) in [6.07, 6.45) is 9.47. The van der Waals surface area contributed by atoms with Crippen LogP contribution in [0.25, 0.3) is 99.3 Å². The lowest BCUT2D eigenvalue weighted by Gasteiger charge is -2.16. The van der Waals surface area contributed by atoms with E-state index < -0.39 is 0 Å². The van der Waals surface area contributed by atoms with Gasteiger partial charge in [-0.1, -0.05) is 60.7 Å². The van der Waals surface area contributed by atoms with Crippen molar-refractivity contribution < 1.29 is 4.42 Å². The van der Waals surface area contributed by atoms with Crippen molar-refractivity contribution in [1.82, 2.24) is 24.1 Å². The number of para-hydroxylation sites is 2. The van der Waals surface area contributed by atoms with Crippen LogP contribution < -0.4 is 0 Å². The predicted molar refractivity (Wildman–Crippen MR) is 207 cm³/mol. The van der Waals surface area contributed by atoms with E-state index in [2.05, 4.69) is 134 Å². The van der Waals surface area contributed by atoms with Gasteiger partial charge in [-0.25, -0.2) is 0 Å². The lowest BCUT2D eigenvalue weighted by atomic mass is 9.97. The first-order chi connectivity index (χ1) is 25.3. The van der Waals surface area contributed by atoms with Gasteiger partial charge in [0.15, 0.2) is 0 Å². The summed E-state index contributed by atoms with van der Waals surface area (Å²) >= 11 is 0. The van der Waals surface area contributed by atoms with Crippen LogP contribution >= 0.6 is 0 Å². The van der Waals surface area contributed by atoms with Gasteiger partial charge in [-0.2, -0.15) is 0 Å². The van der Waals surface area contributed by atoms with Crippen molar-refractivity contribution >= 4 is 65.7 Å². The number of rotatable bonds is 4. The Morgan fingerprint density at radius 3 is 1.84 bits per heavy atom. The predicted octanol–water partition coefficient (Wildman–Crippen LogP) is 11.3. The average Bonchev–Trinajstić information content (AvgIpc) is 3.85. The molecule has 0 amide bonds. The summed E-state index contributed by atoms with van der Waals surface area (Å²) in [5.41, 5.74) is 13.5. The van der Waals surface area contributed by atoms with E-state index >= 15 is 0 Å². The average molecular weight is 654 g/mol. The summed E-state index contributed by atoms with van der Waals surface area (Å²) in [4.78, 5) is 13.9.